The van der Waals surface area contributed by atoms with E-state index < -0.39 is 12.0 Å². The first-order chi connectivity index (χ1) is 12.8. The minimum Gasteiger partial charge on any atom is -0.478 e. The summed E-state index contributed by atoms with van der Waals surface area (Å²) in [5, 5.41) is 20.7. The average Bonchev–Trinajstić information content (AvgIpc) is 3.27. The Bertz CT molecular complexity index is 998. The van der Waals surface area contributed by atoms with E-state index in [2.05, 4.69) is 15.5 Å². The lowest BCUT2D eigenvalue weighted by atomic mass is 10.2. The molecule has 1 atom stereocenters. The first-order valence-electron chi connectivity index (χ1n) is 7.88. The van der Waals surface area contributed by atoms with Crippen molar-refractivity contribution in [2.45, 2.75) is 19.5 Å². The Hall–Kier alpha value is -2.84. The van der Waals surface area contributed by atoms with Crippen LogP contribution in [0.15, 0.2) is 43.0 Å². The van der Waals surface area contributed by atoms with E-state index in [0.717, 1.165) is 5.56 Å². The third-order valence-electron chi connectivity index (χ3n) is 3.85. The fourth-order valence-corrected chi connectivity index (χ4v) is 2.69. The number of anilines is 1. The van der Waals surface area contributed by atoms with Gasteiger partial charge in [-0.15, -0.1) is 0 Å². The Morgan fingerprint density at radius 3 is 2.63 bits per heavy atom. The number of carbonyl (C=O) groups excluding carboxylic acids is 1. The van der Waals surface area contributed by atoms with Gasteiger partial charge in [0.1, 0.15) is 6.04 Å². The number of hydrogen-bond acceptors (Lipinski definition) is 4. The number of nitrogens with one attached hydrogen (secondary N) is 1. The topological polar surface area (TPSA) is 102 Å². The van der Waals surface area contributed by atoms with Gasteiger partial charge in [-0.1, -0.05) is 29.3 Å². The molecule has 0 fully saturated rings. The number of nitrogens with zero attached hydrogens (tertiary/aromatic N) is 4. The summed E-state index contributed by atoms with van der Waals surface area (Å²) in [6, 6.07) is 4.62. The number of benzene rings is 1. The highest BCUT2D eigenvalue weighted by atomic mass is 35.5. The van der Waals surface area contributed by atoms with Crippen LogP contribution in [0.2, 0.25) is 10.0 Å². The van der Waals surface area contributed by atoms with Gasteiger partial charge >= 0.3 is 5.97 Å². The Kier molecular flexibility index (Phi) is 5.48. The van der Waals surface area contributed by atoms with Gasteiger partial charge in [0.15, 0.2) is 0 Å². The smallest absolute Gasteiger partial charge is 0.338 e. The van der Waals surface area contributed by atoms with Crippen molar-refractivity contribution < 1.29 is 14.7 Å². The summed E-state index contributed by atoms with van der Waals surface area (Å²) in [4.78, 5) is 23.3. The standard InChI is InChI=1S/C17H15Cl2N5O3/c1-10(24-8-12(5-21-24)17(26)27)16(25)22-13-6-20-23(9-13)7-11-2-3-14(18)15(19)4-11/h2-6,8-10H,7H2,1H3,(H,22,25)(H,26,27). The zero-order chi connectivity index (χ0) is 19.6. The summed E-state index contributed by atoms with van der Waals surface area (Å²) >= 11 is 11.9. The molecule has 0 saturated carbocycles. The molecule has 2 heterocycles. The SMILES string of the molecule is CC(C(=O)Nc1cnn(Cc2ccc(Cl)c(Cl)c2)c1)n1cc(C(=O)O)cn1. The maximum Gasteiger partial charge on any atom is 0.338 e. The number of hydrogen-bond donors (Lipinski definition) is 2. The molecule has 0 bridgehead atoms. The number of carboxylic acids is 1. The minimum absolute atomic E-state index is 0.0177. The number of carboxylic acid groups (broad SMARTS) is 1. The van der Waals surface area contributed by atoms with Crippen LogP contribution in [-0.2, 0) is 11.3 Å². The monoisotopic (exact) mass is 407 g/mol. The molecule has 0 radical (unpaired) electrons. The van der Waals surface area contributed by atoms with Crippen LogP contribution in [0.3, 0.4) is 0 Å². The van der Waals surface area contributed by atoms with Gasteiger partial charge in [0.25, 0.3) is 0 Å². The van der Waals surface area contributed by atoms with Gasteiger partial charge in [-0.2, -0.15) is 10.2 Å². The Morgan fingerprint density at radius 2 is 1.96 bits per heavy atom. The minimum atomic E-state index is -1.10. The van der Waals surface area contributed by atoms with E-state index in [-0.39, 0.29) is 11.5 Å². The van der Waals surface area contributed by atoms with Crippen LogP contribution >= 0.6 is 23.2 Å². The summed E-state index contributed by atoms with van der Waals surface area (Å²) < 4.78 is 2.94. The lowest BCUT2D eigenvalue weighted by Gasteiger charge is -2.11. The van der Waals surface area contributed by atoms with Crippen LogP contribution in [0.25, 0.3) is 0 Å². The number of halogens is 2. The molecule has 0 saturated heterocycles. The maximum absolute atomic E-state index is 12.4. The lowest BCUT2D eigenvalue weighted by Crippen LogP contribution is -2.23. The van der Waals surface area contributed by atoms with E-state index in [1.807, 2.05) is 6.07 Å². The van der Waals surface area contributed by atoms with Crippen LogP contribution in [0.4, 0.5) is 5.69 Å². The van der Waals surface area contributed by atoms with Crippen molar-refractivity contribution in [3.8, 4) is 0 Å². The second-order valence-electron chi connectivity index (χ2n) is 5.85. The summed E-state index contributed by atoms with van der Waals surface area (Å²) in [6.07, 6.45) is 5.70. The van der Waals surface area contributed by atoms with Crippen molar-refractivity contribution in [1.82, 2.24) is 19.6 Å². The van der Waals surface area contributed by atoms with E-state index in [0.29, 0.717) is 22.3 Å². The van der Waals surface area contributed by atoms with E-state index in [4.69, 9.17) is 28.3 Å². The van der Waals surface area contributed by atoms with Crippen molar-refractivity contribution in [3.05, 3.63) is 64.2 Å². The number of aromatic carboxylic acids is 1. The molecule has 0 aliphatic rings. The molecule has 0 aliphatic carbocycles. The predicted octanol–water partition coefficient (Wildman–Crippen LogP) is 3.33. The highest BCUT2D eigenvalue weighted by molar-refractivity contribution is 6.42. The summed E-state index contributed by atoms with van der Waals surface area (Å²) in [5.41, 5.74) is 1.44. The van der Waals surface area contributed by atoms with E-state index in [1.165, 1.54) is 23.3 Å². The zero-order valence-electron chi connectivity index (χ0n) is 14.1. The molecule has 2 N–H and O–H groups in total. The van der Waals surface area contributed by atoms with Crippen molar-refractivity contribution in [1.29, 1.82) is 0 Å². The van der Waals surface area contributed by atoms with Crippen molar-refractivity contribution >= 4 is 40.8 Å². The van der Waals surface area contributed by atoms with Crippen LogP contribution in [0.1, 0.15) is 28.9 Å². The van der Waals surface area contributed by atoms with Gasteiger partial charge in [-0.25, -0.2) is 4.79 Å². The second kappa shape index (κ2) is 7.81. The number of carbonyl (C=O) groups is 2. The summed E-state index contributed by atoms with van der Waals surface area (Å²) in [7, 11) is 0. The van der Waals surface area contributed by atoms with Gasteiger partial charge in [-0.3, -0.25) is 14.2 Å². The van der Waals surface area contributed by atoms with Gasteiger partial charge in [-0.05, 0) is 24.6 Å². The molecule has 1 unspecified atom stereocenters. The van der Waals surface area contributed by atoms with Crippen LogP contribution in [-0.4, -0.2) is 36.5 Å². The molecule has 3 aromatic rings. The van der Waals surface area contributed by atoms with E-state index in [1.54, 1.807) is 29.9 Å². The van der Waals surface area contributed by atoms with E-state index >= 15 is 0 Å². The number of amides is 1. The first kappa shape index (κ1) is 18.9. The lowest BCUT2D eigenvalue weighted by molar-refractivity contribution is -0.119. The molecule has 140 valence electrons. The normalized spacial score (nSPS) is 12.0. The largest absolute Gasteiger partial charge is 0.478 e. The molecule has 0 aliphatic heterocycles. The third kappa shape index (κ3) is 4.47. The number of aromatic nitrogens is 4. The highest BCUT2D eigenvalue weighted by Gasteiger charge is 2.18. The van der Waals surface area contributed by atoms with Crippen molar-refractivity contribution in [2.75, 3.05) is 5.32 Å². The summed E-state index contributed by atoms with van der Waals surface area (Å²) in [6.45, 7) is 2.08. The summed E-state index contributed by atoms with van der Waals surface area (Å²) in [5.74, 6) is -1.44. The van der Waals surface area contributed by atoms with Gasteiger partial charge in [0.05, 0.1) is 40.2 Å². The van der Waals surface area contributed by atoms with Crippen LogP contribution in [0.5, 0.6) is 0 Å². The second-order valence-corrected chi connectivity index (χ2v) is 6.67. The fourth-order valence-electron chi connectivity index (χ4n) is 2.37. The fraction of sp³-hybridized carbons (Fsp3) is 0.176. The third-order valence-corrected chi connectivity index (χ3v) is 4.59. The van der Waals surface area contributed by atoms with Crippen LogP contribution in [0, 0.1) is 0 Å². The molecule has 27 heavy (non-hydrogen) atoms. The molecule has 1 aromatic carbocycles. The molecule has 1 amide bonds. The Balaban J connectivity index is 1.64. The van der Waals surface area contributed by atoms with E-state index in [9.17, 15) is 9.59 Å². The predicted molar refractivity (Wildman–Crippen MR) is 100 cm³/mol. The number of rotatable bonds is 6. The molecule has 0 spiro atoms. The Morgan fingerprint density at radius 1 is 1.19 bits per heavy atom. The van der Waals surface area contributed by atoms with Gasteiger partial charge in [0.2, 0.25) is 5.91 Å². The first-order valence-corrected chi connectivity index (χ1v) is 8.64. The molecular weight excluding hydrogens is 393 g/mol. The average molecular weight is 408 g/mol. The highest BCUT2D eigenvalue weighted by Crippen LogP contribution is 2.23. The maximum atomic E-state index is 12.4. The quantitative estimate of drug-likeness (QED) is 0.652. The van der Waals surface area contributed by atoms with Crippen molar-refractivity contribution in [3.63, 3.8) is 0 Å². The van der Waals surface area contributed by atoms with Gasteiger partial charge in [0, 0.05) is 12.4 Å². The molecule has 10 heteroatoms. The zero-order valence-corrected chi connectivity index (χ0v) is 15.6. The molecule has 2 aromatic heterocycles. The van der Waals surface area contributed by atoms with Crippen molar-refractivity contribution in [2.24, 2.45) is 0 Å². The Labute approximate surface area is 164 Å². The molecule has 3 rings (SSSR count). The van der Waals surface area contributed by atoms with Crippen LogP contribution < -0.4 is 5.32 Å². The van der Waals surface area contributed by atoms with Gasteiger partial charge < -0.3 is 10.4 Å². The molecular formula is C17H15Cl2N5O3. The molecule has 8 nitrogen and oxygen atoms in total.